The summed E-state index contributed by atoms with van der Waals surface area (Å²) in [5.74, 6) is 1.97. The van der Waals surface area contributed by atoms with E-state index in [-0.39, 0.29) is 5.84 Å². The first-order valence-electron chi connectivity index (χ1n) is 8.53. The van der Waals surface area contributed by atoms with Gasteiger partial charge in [0.2, 0.25) is 0 Å². The Bertz CT molecular complexity index is 1110. The van der Waals surface area contributed by atoms with Gasteiger partial charge in [0.15, 0.2) is 5.82 Å². The van der Waals surface area contributed by atoms with Gasteiger partial charge in [0.25, 0.3) is 0 Å². The summed E-state index contributed by atoms with van der Waals surface area (Å²) >= 11 is 0. The maximum atomic E-state index is 8.96. The van der Waals surface area contributed by atoms with Gasteiger partial charge >= 0.3 is 0 Å². The first-order chi connectivity index (χ1) is 13.5. The molecule has 0 aliphatic heterocycles. The number of rotatable bonds is 5. The summed E-state index contributed by atoms with van der Waals surface area (Å²) in [5.41, 5.74) is 13.5. The Morgan fingerprint density at radius 3 is 2.57 bits per heavy atom. The zero-order valence-corrected chi connectivity index (χ0v) is 15.6. The molecule has 7 nitrogen and oxygen atoms in total. The second-order valence-corrected chi connectivity index (χ2v) is 6.12. The molecule has 2 aromatic carbocycles. The highest BCUT2D eigenvalue weighted by Gasteiger charge is 2.10. The van der Waals surface area contributed by atoms with Gasteiger partial charge < -0.3 is 21.5 Å². The van der Waals surface area contributed by atoms with E-state index in [0.29, 0.717) is 28.6 Å². The third-order valence-electron chi connectivity index (χ3n) is 3.94. The fraction of sp³-hybridized carbons (Fsp3) is 0.0952. The standard InChI is InChI=1S/C21H20N6O/c1-13(23)10-19(24)26-20-11-17-16(4-3-5-18(17)28-2)21(27-20)25-15-8-6-14(12-22)7-9-15/h3-11H,23H2,1-2H3,(H3,24,25,26,27)/b13-10-. The second-order valence-electron chi connectivity index (χ2n) is 6.12. The SMILES string of the molecule is COc1cccc2c(Nc3ccc(C#N)cc3)nc(N=C(N)/C=C(/C)N)cc12. The summed E-state index contributed by atoms with van der Waals surface area (Å²) in [6.45, 7) is 1.73. The fourth-order valence-corrected chi connectivity index (χ4v) is 2.73. The first kappa shape index (κ1) is 18.7. The molecule has 28 heavy (non-hydrogen) atoms. The molecule has 0 aliphatic carbocycles. The Morgan fingerprint density at radius 2 is 1.93 bits per heavy atom. The third kappa shape index (κ3) is 4.19. The van der Waals surface area contributed by atoms with Crippen LogP contribution in [0.1, 0.15) is 12.5 Å². The molecule has 1 aromatic heterocycles. The lowest BCUT2D eigenvalue weighted by molar-refractivity contribution is 0.420. The molecule has 1 heterocycles. The van der Waals surface area contributed by atoms with Gasteiger partial charge in [0, 0.05) is 22.2 Å². The zero-order valence-electron chi connectivity index (χ0n) is 15.6. The van der Waals surface area contributed by atoms with Crippen LogP contribution >= 0.6 is 0 Å². The Hall–Kier alpha value is -4.05. The average Bonchev–Trinajstić information content (AvgIpc) is 2.67. The van der Waals surface area contributed by atoms with Crippen molar-refractivity contribution >= 4 is 33.9 Å². The monoisotopic (exact) mass is 372 g/mol. The average molecular weight is 372 g/mol. The maximum absolute atomic E-state index is 8.96. The summed E-state index contributed by atoms with van der Waals surface area (Å²) in [6, 6.07) is 16.7. The van der Waals surface area contributed by atoms with Gasteiger partial charge in [-0.15, -0.1) is 0 Å². The van der Waals surface area contributed by atoms with Crippen molar-refractivity contribution in [1.29, 1.82) is 5.26 Å². The summed E-state index contributed by atoms with van der Waals surface area (Å²) in [5, 5.41) is 14.0. The van der Waals surface area contributed by atoms with Crippen LogP contribution in [0.25, 0.3) is 10.8 Å². The number of amidine groups is 1. The van der Waals surface area contributed by atoms with Gasteiger partial charge in [-0.25, -0.2) is 9.98 Å². The van der Waals surface area contributed by atoms with Crippen molar-refractivity contribution in [2.75, 3.05) is 12.4 Å². The molecule has 0 spiro atoms. The van der Waals surface area contributed by atoms with E-state index in [0.717, 1.165) is 16.5 Å². The molecule has 3 rings (SSSR count). The molecule has 0 saturated heterocycles. The summed E-state index contributed by atoms with van der Waals surface area (Å²) < 4.78 is 5.48. The molecule has 7 heteroatoms. The number of nitrogens with zero attached hydrogens (tertiary/aromatic N) is 3. The minimum atomic E-state index is 0.256. The molecule has 0 atom stereocenters. The topological polar surface area (TPSA) is 122 Å². The molecule has 140 valence electrons. The van der Waals surface area contributed by atoms with Gasteiger partial charge in [-0.3, -0.25) is 0 Å². The summed E-state index contributed by atoms with van der Waals surface area (Å²) in [4.78, 5) is 8.93. The molecule has 0 aliphatic rings. The van der Waals surface area contributed by atoms with E-state index >= 15 is 0 Å². The Balaban J connectivity index is 2.13. The van der Waals surface area contributed by atoms with Gasteiger partial charge in [-0.2, -0.15) is 5.26 Å². The van der Waals surface area contributed by atoms with Gasteiger partial charge in [-0.1, -0.05) is 12.1 Å². The normalized spacial score (nSPS) is 11.9. The number of methoxy groups -OCH3 is 1. The van der Waals surface area contributed by atoms with Crippen molar-refractivity contribution in [3.8, 4) is 11.8 Å². The van der Waals surface area contributed by atoms with E-state index in [9.17, 15) is 0 Å². The lowest BCUT2D eigenvalue weighted by Gasteiger charge is -2.12. The van der Waals surface area contributed by atoms with Crippen molar-refractivity contribution < 1.29 is 4.74 Å². The van der Waals surface area contributed by atoms with Crippen LogP contribution in [0.2, 0.25) is 0 Å². The summed E-state index contributed by atoms with van der Waals surface area (Å²) in [7, 11) is 1.61. The van der Waals surface area contributed by atoms with Crippen LogP contribution in [0.3, 0.4) is 0 Å². The predicted octanol–water partition coefficient (Wildman–Crippen LogP) is 3.71. The van der Waals surface area contributed by atoms with Crippen LogP contribution in [0.4, 0.5) is 17.3 Å². The van der Waals surface area contributed by atoms with Crippen LogP contribution in [0, 0.1) is 11.3 Å². The minimum absolute atomic E-state index is 0.256. The number of hydrogen-bond donors (Lipinski definition) is 3. The van der Waals surface area contributed by atoms with Crippen LogP contribution < -0.4 is 21.5 Å². The number of nitrogens with one attached hydrogen (secondary N) is 1. The molecule has 0 saturated carbocycles. The number of nitriles is 1. The van der Waals surface area contributed by atoms with Crippen LogP contribution in [0.15, 0.2) is 65.3 Å². The molecular weight excluding hydrogens is 352 g/mol. The van der Waals surface area contributed by atoms with Crippen molar-refractivity contribution in [1.82, 2.24) is 4.98 Å². The quantitative estimate of drug-likeness (QED) is 0.463. The van der Waals surface area contributed by atoms with Gasteiger partial charge in [0.1, 0.15) is 17.4 Å². The van der Waals surface area contributed by atoms with E-state index in [1.54, 1.807) is 32.2 Å². The lowest BCUT2D eigenvalue weighted by atomic mass is 10.1. The van der Waals surface area contributed by atoms with Gasteiger partial charge in [0.05, 0.1) is 18.7 Å². The molecule has 0 amide bonds. The first-order valence-corrected chi connectivity index (χ1v) is 8.53. The minimum Gasteiger partial charge on any atom is -0.496 e. The Labute approximate surface area is 163 Å². The number of anilines is 2. The molecule has 0 radical (unpaired) electrons. The van der Waals surface area contributed by atoms with Crippen molar-refractivity contribution in [3.63, 3.8) is 0 Å². The third-order valence-corrected chi connectivity index (χ3v) is 3.94. The van der Waals surface area contributed by atoms with E-state index in [1.807, 2.05) is 36.4 Å². The number of allylic oxidation sites excluding steroid dienone is 1. The van der Waals surface area contributed by atoms with Crippen LogP contribution in [0.5, 0.6) is 5.75 Å². The molecule has 0 fully saturated rings. The van der Waals surface area contributed by atoms with Crippen LogP contribution in [-0.4, -0.2) is 17.9 Å². The van der Waals surface area contributed by atoms with Gasteiger partial charge in [-0.05, 0) is 49.4 Å². The number of aliphatic imine (C=N–C) groups is 1. The van der Waals surface area contributed by atoms with Crippen molar-refractivity contribution in [2.24, 2.45) is 16.5 Å². The fourth-order valence-electron chi connectivity index (χ4n) is 2.73. The second kappa shape index (κ2) is 8.10. The number of hydrogen-bond acceptors (Lipinski definition) is 6. The highest BCUT2D eigenvalue weighted by atomic mass is 16.5. The predicted molar refractivity (Wildman–Crippen MR) is 112 cm³/mol. The maximum Gasteiger partial charge on any atom is 0.157 e. The van der Waals surface area contributed by atoms with E-state index in [1.165, 1.54) is 0 Å². The molecule has 0 unspecified atom stereocenters. The molecule has 5 N–H and O–H groups in total. The number of fused-ring (bicyclic) bond motifs is 1. The number of ether oxygens (including phenoxy) is 1. The van der Waals surface area contributed by atoms with Crippen molar-refractivity contribution in [2.45, 2.75) is 6.92 Å². The highest BCUT2D eigenvalue weighted by Crippen LogP contribution is 2.34. The zero-order chi connectivity index (χ0) is 20.1. The number of benzene rings is 2. The molecule has 0 bridgehead atoms. The number of aromatic nitrogens is 1. The number of pyridine rings is 1. The Morgan fingerprint density at radius 1 is 1.18 bits per heavy atom. The summed E-state index contributed by atoms with van der Waals surface area (Å²) in [6.07, 6.45) is 1.57. The van der Waals surface area contributed by atoms with E-state index in [4.69, 9.17) is 21.5 Å². The van der Waals surface area contributed by atoms with Crippen LogP contribution in [-0.2, 0) is 0 Å². The molecular formula is C21H20N6O. The number of nitrogens with two attached hydrogens (primary N) is 2. The van der Waals surface area contributed by atoms with Crippen molar-refractivity contribution in [3.05, 3.63) is 65.9 Å². The lowest BCUT2D eigenvalue weighted by Crippen LogP contribution is -2.10. The largest absolute Gasteiger partial charge is 0.496 e. The van der Waals surface area contributed by atoms with E-state index in [2.05, 4.69) is 21.4 Å². The van der Waals surface area contributed by atoms with E-state index < -0.39 is 0 Å². The Kier molecular flexibility index (Phi) is 5.42. The smallest absolute Gasteiger partial charge is 0.157 e. The highest BCUT2D eigenvalue weighted by molar-refractivity contribution is 6.00. The molecule has 3 aromatic rings.